The Morgan fingerprint density at radius 1 is 1.12 bits per heavy atom. The number of nitrogens with zero attached hydrogens (tertiary/aromatic N) is 1. The highest BCUT2D eigenvalue weighted by atomic mass is 35.5. The zero-order valence-corrected chi connectivity index (χ0v) is 15.6. The lowest BCUT2D eigenvalue weighted by atomic mass is 10.2. The van der Waals surface area contributed by atoms with Crippen molar-refractivity contribution in [1.82, 2.24) is 10.6 Å². The van der Waals surface area contributed by atoms with Crippen LogP contribution in [0.5, 0.6) is 17.2 Å². The topological polar surface area (TPSA) is 64.1 Å². The zero-order valence-electron chi connectivity index (χ0n) is 14.8. The molecule has 2 N–H and O–H groups in total. The number of guanidine groups is 1. The van der Waals surface area contributed by atoms with Crippen LogP contribution in [0.2, 0.25) is 5.02 Å². The molecule has 1 aliphatic rings. The first-order valence-corrected chi connectivity index (χ1v) is 8.73. The summed E-state index contributed by atoms with van der Waals surface area (Å²) in [6.45, 7) is 2.25. The van der Waals surface area contributed by atoms with Gasteiger partial charge < -0.3 is 24.8 Å². The second-order valence-corrected chi connectivity index (χ2v) is 6.14. The van der Waals surface area contributed by atoms with Crippen LogP contribution in [0.4, 0.5) is 0 Å². The standard InChI is InChI=1S/C19H22ClN3O3/c1-21-19(22-11-13-4-3-5-15(8-13)24-2)23-12-14-9-16(20)18-17(10-14)25-6-7-26-18/h3-5,8-10H,6-7,11-12H2,1-2H3,(H2,21,22,23). The molecule has 0 fully saturated rings. The van der Waals surface area contributed by atoms with Gasteiger partial charge in [0.25, 0.3) is 0 Å². The molecule has 0 spiro atoms. The Morgan fingerprint density at radius 3 is 2.65 bits per heavy atom. The Bertz CT molecular complexity index is 796. The minimum Gasteiger partial charge on any atom is -0.497 e. The summed E-state index contributed by atoms with van der Waals surface area (Å²) in [7, 11) is 3.39. The second-order valence-electron chi connectivity index (χ2n) is 5.73. The Hall–Kier alpha value is -2.60. The molecule has 0 aliphatic carbocycles. The first-order chi connectivity index (χ1) is 12.7. The number of nitrogens with one attached hydrogen (secondary N) is 2. The van der Waals surface area contributed by atoms with Gasteiger partial charge in [0.1, 0.15) is 19.0 Å². The number of halogens is 1. The first-order valence-electron chi connectivity index (χ1n) is 8.35. The molecule has 0 radical (unpaired) electrons. The monoisotopic (exact) mass is 375 g/mol. The molecular formula is C19H22ClN3O3. The van der Waals surface area contributed by atoms with E-state index in [-0.39, 0.29) is 0 Å². The van der Waals surface area contributed by atoms with Crippen molar-refractivity contribution in [3.05, 3.63) is 52.5 Å². The van der Waals surface area contributed by atoms with E-state index in [0.717, 1.165) is 16.9 Å². The van der Waals surface area contributed by atoms with Gasteiger partial charge in [-0.1, -0.05) is 23.7 Å². The predicted molar refractivity (Wildman–Crippen MR) is 102 cm³/mol. The van der Waals surface area contributed by atoms with Crippen molar-refractivity contribution in [3.8, 4) is 17.2 Å². The van der Waals surface area contributed by atoms with Crippen LogP contribution in [0.3, 0.4) is 0 Å². The van der Waals surface area contributed by atoms with Crippen molar-refractivity contribution in [1.29, 1.82) is 0 Å². The largest absolute Gasteiger partial charge is 0.497 e. The Balaban J connectivity index is 1.58. The number of ether oxygens (including phenoxy) is 3. The van der Waals surface area contributed by atoms with Crippen LogP contribution in [0.15, 0.2) is 41.4 Å². The first kappa shape index (κ1) is 18.2. The molecule has 0 saturated heterocycles. The fourth-order valence-electron chi connectivity index (χ4n) is 2.64. The Morgan fingerprint density at radius 2 is 1.88 bits per heavy atom. The van der Waals surface area contributed by atoms with Crippen molar-refractivity contribution < 1.29 is 14.2 Å². The molecule has 1 heterocycles. The minimum atomic E-state index is 0.519. The fraction of sp³-hybridized carbons (Fsp3) is 0.316. The highest BCUT2D eigenvalue weighted by molar-refractivity contribution is 6.32. The Labute approximate surface area is 158 Å². The maximum atomic E-state index is 6.28. The molecule has 138 valence electrons. The van der Waals surface area contributed by atoms with Crippen molar-refractivity contribution in [2.75, 3.05) is 27.4 Å². The number of hydrogen-bond acceptors (Lipinski definition) is 4. The molecular weight excluding hydrogens is 354 g/mol. The van der Waals surface area contributed by atoms with E-state index in [1.165, 1.54) is 0 Å². The van der Waals surface area contributed by atoms with E-state index in [9.17, 15) is 0 Å². The van der Waals surface area contributed by atoms with E-state index >= 15 is 0 Å². The van der Waals surface area contributed by atoms with Crippen LogP contribution in [0.25, 0.3) is 0 Å². The zero-order chi connectivity index (χ0) is 18.4. The molecule has 0 saturated carbocycles. The van der Waals surface area contributed by atoms with Gasteiger partial charge in [-0.3, -0.25) is 4.99 Å². The van der Waals surface area contributed by atoms with Gasteiger partial charge in [0, 0.05) is 20.1 Å². The lowest BCUT2D eigenvalue weighted by Crippen LogP contribution is -2.36. The minimum absolute atomic E-state index is 0.519. The van der Waals surface area contributed by atoms with Gasteiger partial charge in [0.15, 0.2) is 17.5 Å². The normalized spacial score (nSPS) is 13.3. The van der Waals surface area contributed by atoms with Gasteiger partial charge in [-0.2, -0.15) is 0 Å². The van der Waals surface area contributed by atoms with Gasteiger partial charge in [-0.25, -0.2) is 0 Å². The molecule has 26 heavy (non-hydrogen) atoms. The fourth-order valence-corrected chi connectivity index (χ4v) is 2.93. The highest BCUT2D eigenvalue weighted by Gasteiger charge is 2.16. The van der Waals surface area contributed by atoms with Gasteiger partial charge in [-0.05, 0) is 35.4 Å². The summed E-state index contributed by atoms with van der Waals surface area (Å²) in [5, 5.41) is 7.10. The third-order valence-electron chi connectivity index (χ3n) is 3.93. The van der Waals surface area contributed by atoms with Crippen LogP contribution < -0.4 is 24.8 Å². The number of fused-ring (bicyclic) bond motifs is 1. The number of methoxy groups -OCH3 is 1. The van der Waals surface area contributed by atoms with Crippen LogP contribution >= 0.6 is 11.6 Å². The quantitative estimate of drug-likeness (QED) is 0.621. The van der Waals surface area contributed by atoms with E-state index in [1.807, 2.05) is 36.4 Å². The molecule has 1 aliphatic heterocycles. The lowest BCUT2D eigenvalue weighted by molar-refractivity contribution is 0.171. The number of benzene rings is 2. The maximum Gasteiger partial charge on any atom is 0.191 e. The summed E-state index contributed by atoms with van der Waals surface area (Å²) in [6.07, 6.45) is 0. The van der Waals surface area contributed by atoms with Gasteiger partial charge in [0.05, 0.1) is 12.1 Å². The third-order valence-corrected chi connectivity index (χ3v) is 4.22. The molecule has 2 aromatic carbocycles. The predicted octanol–water partition coefficient (Wildman–Crippen LogP) is 2.99. The van der Waals surface area contributed by atoms with Crippen molar-refractivity contribution in [3.63, 3.8) is 0 Å². The van der Waals surface area contributed by atoms with E-state index in [4.69, 9.17) is 25.8 Å². The molecule has 2 aromatic rings. The summed E-state index contributed by atoms with van der Waals surface area (Å²) in [4.78, 5) is 4.24. The number of hydrogen-bond donors (Lipinski definition) is 2. The summed E-state index contributed by atoms with van der Waals surface area (Å²) in [6, 6.07) is 11.7. The third kappa shape index (κ3) is 4.52. The molecule has 6 nitrogen and oxygen atoms in total. The van der Waals surface area contributed by atoms with Crippen LogP contribution in [0, 0.1) is 0 Å². The molecule has 0 unspecified atom stereocenters. The average molecular weight is 376 g/mol. The van der Waals surface area contributed by atoms with Gasteiger partial charge in [0.2, 0.25) is 0 Å². The van der Waals surface area contributed by atoms with Crippen LogP contribution in [0.1, 0.15) is 11.1 Å². The molecule has 0 atom stereocenters. The smallest absolute Gasteiger partial charge is 0.191 e. The molecule has 7 heteroatoms. The molecule has 0 amide bonds. The molecule has 0 bridgehead atoms. The highest BCUT2D eigenvalue weighted by Crippen LogP contribution is 2.38. The number of rotatable bonds is 5. The summed E-state index contributed by atoms with van der Waals surface area (Å²) in [5.41, 5.74) is 2.10. The van der Waals surface area contributed by atoms with E-state index in [0.29, 0.717) is 48.8 Å². The maximum absolute atomic E-state index is 6.28. The van der Waals surface area contributed by atoms with Crippen LogP contribution in [-0.4, -0.2) is 33.3 Å². The van der Waals surface area contributed by atoms with Crippen LogP contribution in [-0.2, 0) is 13.1 Å². The van der Waals surface area contributed by atoms with E-state index < -0.39 is 0 Å². The lowest BCUT2D eigenvalue weighted by Gasteiger charge is -2.20. The van der Waals surface area contributed by atoms with E-state index in [1.54, 1.807) is 14.2 Å². The molecule has 0 aromatic heterocycles. The van der Waals surface area contributed by atoms with E-state index in [2.05, 4.69) is 15.6 Å². The summed E-state index contributed by atoms with van der Waals surface area (Å²) in [5.74, 6) is 2.82. The summed E-state index contributed by atoms with van der Waals surface area (Å²) >= 11 is 6.28. The van der Waals surface area contributed by atoms with Crippen molar-refractivity contribution in [2.24, 2.45) is 4.99 Å². The average Bonchev–Trinajstić information content (AvgIpc) is 2.68. The van der Waals surface area contributed by atoms with Gasteiger partial charge in [-0.15, -0.1) is 0 Å². The summed E-state index contributed by atoms with van der Waals surface area (Å²) < 4.78 is 16.4. The van der Waals surface area contributed by atoms with Crippen molar-refractivity contribution in [2.45, 2.75) is 13.1 Å². The van der Waals surface area contributed by atoms with Crippen molar-refractivity contribution >= 4 is 17.6 Å². The second kappa shape index (κ2) is 8.67. The van der Waals surface area contributed by atoms with Gasteiger partial charge >= 0.3 is 0 Å². The SMILES string of the molecule is CN=C(NCc1cccc(OC)c1)NCc1cc(Cl)c2c(c1)OCCO2. The Kier molecular flexibility index (Phi) is 6.07. The number of aliphatic imine (C=N–C) groups is 1. The molecule has 3 rings (SSSR count).